The number of rotatable bonds is 13. The van der Waals surface area contributed by atoms with Crippen LogP contribution in [0.15, 0.2) is 12.2 Å². The topological polar surface area (TPSA) is 109 Å². The Hall–Kier alpha value is 0.150. The summed E-state index contributed by atoms with van der Waals surface area (Å²) in [5.41, 5.74) is 0. The average molecular weight is 357 g/mol. The molecule has 6 nitrogen and oxygen atoms in total. The van der Waals surface area contributed by atoms with Gasteiger partial charge in [-0.25, -0.2) is 0 Å². The maximum absolute atomic E-state index is 11.5. The van der Waals surface area contributed by atoms with Crippen molar-refractivity contribution in [3.8, 4) is 0 Å². The number of amides is 1. The Morgan fingerprint density at radius 1 is 1.00 bits per heavy atom. The van der Waals surface area contributed by atoms with Crippen LogP contribution < -0.4 is 74.6 Å². The van der Waals surface area contributed by atoms with Crippen LogP contribution in [-0.4, -0.2) is 23.9 Å². The van der Waals surface area contributed by atoms with Gasteiger partial charge in [-0.2, -0.15) is 0 Å². The van der Waals surface area contributed by atoms with Gasteiger partial charge in [0.2, 0.25) is 5.91 Å². The molecule has 0 fully saturated rings. The molecule has 24 heavy (non-hydrogen) atoms. The summed E-state index contributed by atoms with van der Waals surface area (Å²) < 4.78 is 0. The molecule has 0 aliphatic carbocycles. The molecule has 0 aromatic heterocycles. The van der Waals surface area contributed by atoms with Gasteiger partial charge in [-0.1, -0.05) is 45.1 Å². The number of allylic oxidation sites excluding steroid dienone is 1. The monoisotopic (exact) mass is 357 g/mol. The van der Waals surface area contributed by atoms with Gasteiger partial charge in [0.15, 0.2) is 0 Å². The van der Waals surface area contributed by atoms with E-state index in [-0.39, 0.29) is 65.5 Å². The Morgan fingerprint density at radius 3 is 2.12 bits per heavy atom. The first-order valence-electron chi connectivity index (χ1n) is 7.85. The Bertz CT molecular complexity index is 389. The first-order valence-corrected chi connectivity index (χ1v) is 7.85. The maximum Gasteiger partial charge on any atom is 1.00 e. The third-order valence-electron chi connectivity index (χ3n) is 3.23. The van der Waals surface area contributed by atoms with E-state index in [2.05, 4.69) is 12.2 Å². The molecule has 1 N–H and O–H groups in total. The first-order chi connectivity index (χ1) is 10.5. The minimum atomic E-state index is -1.50. The van der Waals surface area contributed by atoms with E-state index in [0.717, 1.165) is 19.3 Å². The minimum absolute atomic E-state index is 0. The molecule has 0 bridgehead atoms. The largest absolute Gasteiger partial charge is 1.00 e. The van der Waals surface area contributed by atoms with Crippen molar-refractivity contribution in [1.82, 2.24) is 5.32 Å². The summed E-state index contributed by atoms with van der Waals surface area (Å²) in [6.07, 6.45) is 10.0. The zero-order valence-electron chi connectivity index (χ0n) is 15.1. The fraction of sp³-hybridized carbons (Fsp3) is 0.688. The summed E-state index contributed by atoms with van der Waals surface area (Å²) in [6.45, 7) is 2.16. The van der Waals surface area contributed by atoms with Gasteiger partial charge >= 0.3 is 59.1 Å². The number of hydrogen-bond acceptors (Lipinski definition) is 5. The van der Waals surface area contributed by atoms with Gasteiger partial charge in [0, 0.05) is 5.97 Å². The molecule has 0 saturated carbocycles. The van der Waals surface area contributed by atoms with Gasteiger partial charge in [0.05, 0.1) is 12.0 Å². The van der Waals surface area contributed by atoms with Crippen LogP contribution in [0.2, 0.25) is 0 Å². The maximum atomic E-state index is 11.5. The van der Waals surface area contributed by atoms with E-state index in [1.165, 1.54) is 31.8 Å². The van der Waals surface area contributed by atoms with Crippen molar-refractivity contribution in [1.29, 1.82) is 0 Å². The van der Waals surface area contributed by atoms with Crippen molar-refractivity contribution in [2.75, 3.05) is 0 Å². The molecule has 0 spiro atoms. The molecule has 0 saturated heterocycles. The zero-order chi connectivity index (χ0) is 16.8. The van der Waals surface area contributed by atoms with Crippen LogP contribution in [-0.2, 0) is 14.4 Å². The molecular weight excluding hydrogens is 332 g/mol. The Labute approximate surface area is 188 Å². The Kier molecular flexibility index (Phi) is 23.5. The Balaban J connectivity index is -0.00000220. The van der Waals surface area contributed by atoms with Gasteiger partial charge in [0.25, 0.3) is 0 Å². The molecule has 0 aromatic carbocycles. The fourth-order valence-electron chi connectivity index (χ4n) is 1.96. The Morgan fingerprint density at radius 2 is 1.58 bits per heavy atom. The summed E-state index contributed by atoms with van der Waals surface area (Å²) in [7, 11) is 0. The number of nitrogens with one attached hydrogen (secondary N) is 1. The number of carboxylic acids is 2. The molecule has 126 valence electrons. The van der Waals surface area contributed by atoms with Crippen molar-refractivity contribution >= 4 is 17.8 Å². The standard InChI is InChI=1S/C16H27NO5.2Na/c1-2-3-4-5-6-7-8-9-10-14(18)17-13(16(21)22)11-12-15(19)20;;/h9-10,13H,2-8,11-12H2,1H3,(H,17,18)(H,19,20)(H,21,22);;/q;2*+1/p-2/t13-;;/m0../s1. The number of carbonyl (C=O) groups is 3. The summed E-state index contributed by atoms with van der Waals surface area (Å²) >= 11 is 0. The smallest absolute Gasteiger partial charge is 0.550 e. The first kappa shape index (κ1) is 28.9. The molecule has 0 aliphatic heterocycles. The molecule has 0 radical (unpaired) electrons. The van der Waals surface area contributed by atoms with Gasteiger partial charge in [-0.05, 0) is 31.8 Å². The quantitative estimate of drug-likeness (QED) is 0.201. The van der Waals surface area contributed by atoms with E-state index < -0.39 is 30.3 Å². The predicted molar refractivity (Wildman–Crippen MR) is 78.3 cm³/mol. The SMILES string of the molecule is CCCCCCCCC=CC(=O)N[C@@H](CCC(=O)[O-])C(=O)[O-].[Na+].[Na+]. The number of carbonyl (C=O) groups excluding carboxylic acids is 3. The number of carboxylic acid groups (broad SMARTS) is 2. The molecule has 1 amide bonds. The van der Waals surface area contributed by atoms with Crippen molar-refractivity contribution in [3.63, 3.8) is 0 Å². The predicted octanol–water partition coefficient (Wildman–Crippen LogP) is -5.93. The molecule has 0 rings (SSSR count). The van der Waals surface area contributed by atoms with Crippen molar-refractivity contribution in [3.05, 3.63) is 12.2 Å². The normalized spacial score (nSPS) is 11.2. The van der Waals surface area contributed by atoms with E-state index in [9.17, 15) is 24.6 Å². The van der Waals surface area contributed by atoms with Crippen molar-refractivity contribution < 1.29 is 83.7 Å². The second-order valence-corrected chi connectivity index (χ2v) is 5.25. The summed E-state index contributed by atoms with van der Waals surface area (Å²) in [5, 5.41) is 23.3. The second kappa shape index (κ2) is 19.5. The summed E-state index contributed by atoms with van der Waals surface area (Å²) in [6, 6.07) is -1.32. The van der Waals surface area contributed by atoms with E-state index in [0.29, 0.717) is 0 Å². The zero-order valence-corrected chi connectivity index (χ0v) is 19.1. The van der Waals surface area contributed by atoms with Crippen molar-refractivity contribution in [2.45, 2.75) is 70.8 Å². The van der Waals surface area contributed by atoms with E-state index in [4.69, 9.17) is 0 Å². The van der Waals surface area contributed by atoms with E-state index in [1.807, 2.05) is 0 Å². The summed E-state index contributed by atoms with van der Waals surface area (Å²) in [4.78, 5) is 32.6. The van der Waals surface area contributed by atoms with E-state index in [1.54, 1.807) is 6.08 Å². The van der Waals surface area contributed by atoms with Crippen LogP contribution >= 0.6 is 0 Å². The third kappa shape index (κ3) is 18.5. The van der Waals surface area contributed by atoms with Crippen LogP contribution in [0.25, 0.3) is 0 Å². The van der Waals surface area contributed by atoms with Gasteiger partial charge in [0.1, 0.15) is 0 Å². The fourth-order valence-corrected chi connectivity index (χ4v) is 1.96. The van der Waals surface area contributed by atoms with Crippen LogP contribution in [0.1, 0.15) is 64.7 Å². The second-order valence-electron chi connectivity index (χ2n) is 5.25. The molecule has 0 heterocycles. The summed E-state index contributed by atoms with van der Waals surface area (Å²) in [5.74, 6) is -3.42. The molecule has 1 atom stereocenters. The van der Waals surface area contributed by atoms with E-state index >= 15 is 0 Å². The van der Waals surface area contributed by atoms with Crippen molar-refractivity contribution in [2.24, 2.45) is 0 Å². The minimum Gasteiger partial charge on any atom is -0.550 e. The molecule has 0 aromatic rings. The number of unbranched alkanes of at least 4 members (excludes halogenated alkanes) is 6. The van der Waals surface area contributed by atoms with Crippen LogP contribution in [0.3, 0.4) is 0 Å². The van der Waals surface area contributed by atoms with Crippen LogP contribution in [0.4, 0.5) is 0 Å². The molecule has 0 unspecified atom stereocenters. The van der Waals surface area contributed by atoms with Gasteiger partial charge in [-0.3, -0.25) is 4.79 Å². The number of aliphatic carboxylic acids is 2. The molecular formula is C16H25NNa2O5. The van der Waals surface area contributed by atoms with Gasteiger partial charge in [-0.15, -0.1) is 0 Å². The molecule has 8 heteroatoms. The third-order valence-corrected chi connectivity index (χ3v) is 3.23. The van der Waals surface area contributed by atoms with Gasteiger partial charge < -0.3 is 25.1 Å². The number of hydrogen-bond donors (Lipinski definition) is 1. The van der Waals surface area contributed by atoms with Crippen LogP contribution in [0.5, 0.6) is 0 Å². The molecule has 0 aliphatic rings. The average Bonchev–Trinajstić information content (AvgIpc) is 2.45. The van der Waals surface area contributed by atoms with Crippen LogP contribution in [0, 0.1) is 0 Å².